The predicted octanol–water partition coefficient (Wildman–Crippen LogP) is 2.40. The van der Waals surface area contributed by atoms with Gasteiger partial charge in [0.2, 0.25) is 5.91 Å². The molecule has 1 aromatic carbocycles. The zero-order valence-electron chi connectivity index (χ0n) is 10.8. The lowest BCUT2D eigenvalue weighted by Crippen LogP contribution is -2.49. The molecule has 0 saturated heterocycles. The van der Waals surface area contributed by atoms with Crippen molar-refractivity contribution in [2.75, 3.05) is 6.54 Å². The minimum atomic E-state index is -0.661. The molecule has 0 radical (unpaired) electrons. The fourth-order valence-electron chi connectivity index (χ4n) is 2.72. The summed E-state index contributed by atoms with van der Waals surface area (Å²) in [6, 6.07) is 7.49. The maximum atomic E-state index is 12.3. The standard InChI is InChI=1S/C15H18ClNO2/c16-12-4-2-11(3-5-12)15(8-9-15)13(18)17-10-14(19)6-1-7-14/h2-5,19H,1,6-10H2,(H,17,18). The van der Waals surface area contributed by atoms with E-state index in [-0.39, 0.29) is 11.3 Å². The van der Waals surface area contributed by atoms with Crippen LogP contribution in [0.15, 0.2) is 24.3 Å². The fourth-order valence-corrected chi connectivity index (χ4v) is 2.84. The van der Waals surface area contributed by atoms with Crippen LogP contribution in [0, 0.1) is 0 Å². The molecule has 2 aliphatic rings. The van der Waals surface area contributed by atoms with Crippen LogP contribution in [-0.4, -0.2) is 23.2 Å². The summed E-state index contributed by atoms with van der Waals surface area (Å²) in [5.74, 6) is 0.0372. The van der Waals surface area contributed by atoms with Gasteiger partial charge in [-0.05, 0) is 49.8 Å². The number of rotatable bonds is 4. The normalized spacial score (nSPS) is 22.4. The number of aliphatic hydroxyl groups is 1. The minimum absolute atomic E-state index is 0.0372. The molecule has 3 rings (SSSR count). The van der Waals surface area contributed by atoms with E-state index in [9.17, 15) is 9.90 Å². The van der Waals surface area contributed by atoms with Crippen LogP contribution in [-0.2, 0) is 10.2 Å². The quantitative estimate of drug-likeness (QED) is 0.889. The Morgan fingerprint density at radius 2 is 1.84 bits per heavy atom. The molecule has 1 aromatic rings. The summed E-state index contributed by atoms with van der Waals surface area (Å²) < 4.78 is 0. The van der Waals surface area contributed by atoms with Gasteiger partial charge in [0.05, 0.1) is 11.0 Å². The smallest absolute Gasteiger partial charge is 0.230 e. The van der Waals surface area contributed by atoms with Crippen molar-refractivity contribution in [3.8, 4) is 0 Å². The van der Waals surface area contributed by atoms with E-state index >= 15 is 0 Å². The summed E-state index contributed by atoms with van der Waals surface area (Å²) >= 11 is 5.88. The van der Waals surface area contributed by atoms with Crippen LogP contribution in [0.5, 0.6) is 0 Å². The van der Waals surface area contributed by atoms with E-state index in [4.69, 9.17) is 11.6 Å². The van der Waals surface area contributed by atoms with Crippen LogP contribution in [0.25, 0.3) is 0 Å². The summed E-state index contributed by atoms with van der Waals surface area (Å²) in [5, 5.41) is 13.6. The van der Waals surface area contributed by atoms with Crippen molar-refractivity contribution >= 4 is 17.5 Å². The van der Waals surface area contributed by atoms with Gasteiger partial charge in [-0.25, -0.2) is 0 Å². The summed E-state index contributed by atoms with van der Waals surface area (Å²) in [4.78, 5) is 12.3. The molecule has 0 aromatic heterocycles. The van der Waals surface area contributed by atoms with E-state index in [1.807, 2.05) is 24.3 Å². The molecule has 1 amide bonds. The van der Waals surface area contributed by atoms with Gasteiger partial charge in [0, 0.05) is 11.6 Å². The molecule has 2 saturated carbocycles. The van der Waals surface area contributed by atoms with Crippen LogP contribution in [0.3, 0.4) is 0 Å². The molecule has 0 atom stereocenters. The summed E-state index contributed by atoms with van der Waals surface area (Å²) in [6.07, 6.45) is 4.38. The Morgan fingerprint density at radius 3 is 2.32 bits per heavy atom. The van der Waals surface area contributed by atoms with E-state index in [1.165, 1.54) is 0 Å². The number of amides is 1. The molecule has 3 nitrogen and oxygen atoms in total. The molecule has 0 spiro atoms. The molecule has 102 valence electrons. The topological polar surface area (TPSA) is 49.3 Å². The molecule has 2 aliphatic carbocycles. The van der Waals surface area contributed by atoms with E-state index in [1.54, 1.807) is 0 Å². The molecule has 19 heavy (non-hydrogen) atoms. The Morgan fingerprint density at radius 1 is 1.21 bits per heavy atom. The first kappa shape index (κ1) is 12.9. The third-order valence-electron chi connectivity index (χ3n) is 4.44. The predicted molar refractivity (Wildman–Crippen MR) is 74.2 cm³/mol. The number of hydrogen-bond donors (Lipinski definition) is 2. The zero-order chi connectivity index (χ0) is 13.5. The lowest BCUT2D eigenvalue weighted by molar-refractivity contribution is -0.126. The average Bonchev–Trinajstić information content (AvgIpc) is 3.16. The van der Waals surface area contributed by atoms with Gasteiger partial charge >= 0.3 is 0 Å². The van der Waals surface area contributed by atoms with Gasteiger partial charge in [-0.2, -0.15) is 0 Å². The first-order chi connectivity index (χ1) is 9.04. The second kappa shape index (κ2) is 4.50. The SMILES string of the molecule is O=C(NCC1(O)CCC1)C1(c2ccc(Cl)cc2)CC1. The number of hydrogen-bond acceptors (Lipinski definition) is 2. The molecular weight excluding hydrogens is 262 g/mol. The average molecular weight is 280 g/mol. The second-order valence-corrected chi connectivity index (χ2v) is 6.29. The van der Waals surface area contributed by atoms with Gasteiger partial charge in [-0.15, -0.1) is 0 Å². The highest BCUT2D eigenvalue weighted by molar-refractivity contribution is 6.30. The van der Waals surface area contributed by atoms with Crippen LogP contribution in [0.1, 0.15) is 37.7 Å². The van der Waals surface area contributed by atoms with Crippen molar-refractivity contribution in [1.82, 2.24) is 5.32 Å². The van der Waals surface area contributed by atoms with Gasteiger partial charge in [-0.3, -0.25) is 4.79 Å². The Kier molecular flexibility index (Phi) is 3.06. The van der Waals surface area contributed by atoms with Crippen molar-refractivity contribution in [2.24, 2.45) is 0 Å². The van der Waals surface area contributed by atoms with E-state index in [0.717, 1.165) is 37.7 Å². The number of carbonyl (C=O) groups excluding carboxylic acids is 1. The van der Waals surface area contributed by atoms with Crippen molar-refractivity contribution < 1.29 is 9.90 Å². The first-order valence-electron chi connectivity index (χ1n) is 6.81. The Labute approximate surface area is 118 Å². The van der Waals surface area contributed by atoms with Gasteiger partial charge in [0.25, 0.3) is 0 Å². The molecule has 0 heterocycles. The fraction of sp³-hybridized carbons (Fsp3) is 0.533. The number of benzene rings is 1. The minimum Gasteiger partial charge on any atom is -0.388 e. The molecule has 4 heteroatoms. The second-order valence-electron chi connectivity index (χ2n) is 5.85. The van der Waals surface area contributed by atoms with Crippen LogP contribution < -0.4 is 5.32 Å². The van der Waals surface area contributed by atoms with Gasteiger partial charge in [0.1, 0.15) is 0 Å². The maximum absolute atomic E-state index is 12.3. The lowest BCUT2D eigenvalue weighted by atomic mass is 9.80. The Hall–Kier alpha value is -1.06. The van der Waals surface area contributed by atoms with E-state index in [2.05, 4.69) is 5.32 Å². The highest BCUT2D eigenvalue weighted by Crippen LogP contribution is 2.48. The van der Waals surface area contributed by atoms with Crippen molar-refractivity contribution in [1.29, 1.82) is 0 Å². The number of carbonyl (C=O) groups is 1. The van der Waals surface area contributed by atoms with Crippen LogP contribution >= 0.6 is 11.6 Å². The van der Waals surface area contributed by atoms with Crippen molar-refractivity contribution in [2.45, 2.75) is 43.1 Å². The molecule has 0 bridgehead atoms. The van der Waals surface area contributed by atoms with Gasteiger partial charge < -0.3 is 10.4 Å². The lowest BCUT2D eigenvalue weighted by Gasteiger charge is -2.37. The first-order valence-corrected chi connectivity index (χ1v) is 7.19. The third kappa shape index (κ3) is 2.37. The van der Waals surface area contributed by atoms with E-state index < -0.39 is 5.60 Å². The highest BCUT2D eigenvalue weighted by atomic mass is 35.5. The Balaban J connectivity index is 1.67. The molecular formula is C15H18ClNO2. The van der Waals surface area contributed by atoms with Crippen LogP contribution in [0.2, 0.25) is 5.02 Å². The maximum Gasteiger partial charge on any atom is 0.230 e. The highest BCUT2D eigenvalue weighted by Gasteiger charge is 2.51. The zero-order valence-corrected chi connectivity index (χ0v) is 11.5. The number of nitrogens with one attached hydrogen (secondary N) is 1. The molecule has 0 unspecified atom stereocenters. The summed E-state index contributed by atoms with van der Waals surface area (Å²) in [7, 11) is 0. The van der Waals surface area contributed by atoms with Crippen LogP contribution in [0.4, 0.5) is 0 Å². The van der Waals surface area contributed by atoms with Gasteiger partial charge in [-0.1, -0.05) is 23.7 Å². The van der Waals surface area contributed by atoms with Crippen molar-refractivity contribution in [3.63, 3.8) is 0 Å². The Bertz CT molecular complexity index is 489. The van der Waals surface area contributed by atoms with Gasteiger partial charge in [0.15, 0.2) is 0 Å². The monoisotopic (exact) mass is 279 g/mol. The summed E-state index contributed by atoms with van der Waals surface area (Å²) in [6.45, 7) is 0.376. The van der Waals surface area contributed by atoms with E-state index in [0.29, 0.717) is 11.6 Å². The summed E-state index contributed by atoms with van der Waals surface area (Å²) in [5.41, 5.74) is -0.0221. The van der Waals surface area contributed by atoms with Crippen molar-refractivity contribution in [3.05, 3.63) is 34.9 Å². The molecule has 2 N–H and O–H groups in total. The number of halogens is 1. The molecule has 2 fully saturated rings. The largest absolute Gasteiger partial charge is 0.388 e. The molecule has 0 aliphatic heterocycles. The third-order valence-corrected chi connectivity index (χ3v) is 4.70.